The number of nitrogens with one attached hydrogen (secondary N) is 2. The molecular formula is C15H20ClN5. The molecule has 0 aliphatic heterocycles. The van der Waals surface area contributed by atoms with E-state index >= 15 is 0 Å². The molecule has 1 aromatic carbocycles. The van der Waals surface area contributed by atoms with Crippen molar-refractivity contribution in [2.45, 2.75) is 26.2 Å². The second-order valence-corrected chi connectivity index (χ2v) is 5.19. The van der Waals surface area contributed by atoms with Crippen LogP contribution in [-0.2, 0) is 12.8 Å². The molecule has 2 rings (SSSR count). The third-order valence-corrected chi connectivity index (χ3v) is 3.28. The minimum absolute atomic E-state index is 0.627. The van der Waals surface area contributed by atoms with Gasteiger partial charge in [0.1, 0.15) is 17.5 Å². The number of hydrogen-bond donors (Lipinski definition) is 3. The number of hydrazine groups is 1. The molecule has 5 nitrogen and oxygen atoms in total. The van der Waals surface area contributed by atoms with Gasteiger partial charge < -0.3 is 10.7 Å². The number of halogens is 1. The Labute approximate surface area is 129 Å². The normalized spacial score (nSPS) is 10.4. The quantitative estimate of drug-likeness (QED) is 0.541. The molecule has 0 spiro atoms. The molecule has 0 bridgehead atoms. The molecule has 112 valence electrons. The minimum Gasteiger partial charge on any atom is -0.370 e. The fraction of sp³-hybridized carbons (Fsp3) is 0.333. The molecule has 0 aliphatic rings. The SMILES string of the molecule is CCCc1nc(NN)cc(NCCc2ccc(Cl)cc2)n1. The molecule has 0 unspecified atom stereocenters. The molecule has 0 saturated carbocycles. The third-order valence-electron chi connectivity index (χ3n) is 3.03. The van der Waals surface area contributed by atoms with Gasteiger partial charge in [-0.25, -0.2) is 15.8 Å². The summed E-state index contributed by atoms with van der Waals surface area (Å²) >= 11 is 5.87. The van der Waals surface area contributed by atoms with Crippen LogP contribution >= 0.6 is 11.6 Å². The van der Waals surface area contributed by atoms with Gasteiger partial charge in [-0.05, 0) is 30.5 Å². The second-order valence-electron chi connectivity index (χ2n) is 4.75. The molecule has 0 atom stereocenters. The van der Waals surface area contributed by atoms with Crippen LogP contribution < -0.4 is 16.6 Å². The molecule has 0 amide bonds. The maximum atomic E-state index is 5.87. The van der Waals surface area contributed by atoms with Gasteiger partial charge >= 0.3 is 0 Å². The lowest BCUT2D eigenvalue weighted by Crippen LogP contribution is -2.13. The summed E-state index contributed by atoms with van der Waals surface area (Å²) in [6.45, 7) is 2.88. The van der Waals surface area contributed by atoms with Crippen molar-refractivity contribution in [3.05, 3.63) is 46.7 Å². The number of hydrogen-bond acceptors (Lipinski definition) is 5. The number of rotatable bonds is 7. The Morgan fingerprint density at radius 1 is 1.10 bits per heavy atom. The van der Waals surface area contributed by atoms with Crippen LogP contribution in [0.25, 0.3) is 0 Å². The lowest BCUT2D eigenvalue weighted by molar-refractivity contribution is 0.833. The summed E-state index contributed by atoms with van der Waals surface area (Å²) in [7, 11) is 0. The van der Waals surface area contributed by atoms with E-state index in [0.29, 0.717) is 5.82 Å². The summed E-state index contributed by atoms with van der Waals surface area (Å²) in [6, 6.07) is 9.66. The first-order valence-electron chi connectivity index (χ1n) is 7.04. The summed E-state index contributed by atoms with van der Waals surface area (Å²) in [4.78, 5) is 8.79. The molecule has 0 fully saturated rings. The van der Waals surface area contributed by atoms with E-state index in [1.54, 1.807) is 6.07 Å². The third kappa shape index (κ3) is 4.88. The first-order valence-corrected chi connectivity index (χ1v) is 7.42. The van der Waals surface area contributed by atoms with Crippen molar-refractivity contribution < 1.29 is 0 Å². The highest BCUT2D eigenvalue weighted by Gasteiger charge is 2.03. The molecule has 2 aromatic rings. The minimum atomic E-state index is 0.627. The number of anilines is 2. The number of nitrogens with two attached hydrogens (primary N) is 1. The first-order chi connectivity index (χ1) is 10.2. The Hall–Kier alpha value is -1.85. The van der Waals surface area contributed by atoms with Crippen LogP contribution in [-0.4, -0.2) is 16.5 Å². The zero-order chi connectivity index (χ0) is 15.1. The number of aryl methyl sites for hydroxylation is 1. The summed E-state index contributed by atoms with van der Waals surface area (Å²) < 4.78 is 0. The Kier molecular flexibility index (Phi) is 5.78. The van der Waals surface area contributed by atoms with Crippen LogP contribution in [0.2, 0.25) is 5.02 Å². The van der Waals surface area contributed by atoms with Gasteiger partial charge in [-0.1, -0.05) is 30.7 Å². The predicted octanol–water partition coefficient (Wildman–Crippen LogP) is 3.02. The first kappa shape index (κ1) is 15.5. The van der Waals surface area contributed by atoms with Crippen molar-refractivity contribution in [3.8, 4) is 0 Å². The largest absolute Gasteiger partial charge is 0.370 e. The summed E-state index contributed by atoms with van der Waals surface area (Å²) in [5, 5.41) is 4.06. The standard InChI is InChI=1S/C15H20ClN5/c1-2-3-13-19-14(10-15(20-13)21-17)18-9-8-11-4-6-12(16)7-5-11/h4-7,10H,2-3,8-9,17H2,1H3,(H2,18,19,20,21). The highest BCUT2D eigenvalue weighted by molar-refractivity contribution is 6.30. The van der Waals surface area contributed by atoms with Crippen LogP contribution in [0.4, 0.5) is 11.6 Å². The van der Waals surface area contributed by atoms with Crippen molar-refractivity contribution in [1.29, 1.82) is 0 Å². The van der Waals surface area contributed by atoms with Crippen molar-refractivity contribution in [2.75, 3.05) is 17.3 Å². The van der Waals surface area contributed by atoms with Crippen LogP contribution in [0.3, 0.4) is 0 Å². The lowest BCUT2D eigenvalue weighted by Gasteiger charge is -2.09. The average Bonchev–Trinajstić information content (AvgIpc) is 2.49. The van der Waals surface area contributed by atoms with Gasteiger partial charge in [0.05, 0.1) is 0 Å². The van der Waals surface area contributed by atoms with E-state index < -0.39 is 0 Å². The van der Waals surface area contributed by atoms with E-state index in [9.17, 15) is 0 Å². The zero-order valence-electron chi connectivity index (χ0n) is 12.1. The molecule has 0 saturated heterocycles. The van der Waals surface area contributed by atoms with Crippen molar-refractivity contribution >= 4 is 23.2 Å². The molecule has 1 aromatic heterocycles. The van der Waals surface area contributed by atoms with Crippen molar-refractivity contribution in [3.63, 3.8) is 0 Å². The van der Waals surface area contributed by atoms with Gasteiger partial charge in [0.25, 0.3) is 0 Å². The molecule has 1 heterocycles. The topological polar surface area (TPSA) is 75.9 Å². The molecule has 0 radical (unpaired) electrons. The second kappa shape index (κ2) is 7.81. The summed E-state index contributed by atoms with van der Waals surface area (Å²) in [5.41, 5.74) is 3.80. The highest BCUT2D eigenvalue weighted by Crippen LogP contribution is 2.13. The van der Waals surface area contributed by atoms with Gasteiger partial charge in [-0.2, -0.15) is 0 Å². The molecule has 6 heteroatoms. The van der Waals surface area contributed by atoms with Crippen LogP contribution in [0.5, 0.6) is 0 Å². The van der Waals surface area contributed by atoms with E-state index in [2.05, 4.69) is 27.6 Å². The Morgan fingerprint density at radius 2 is 1.81 bits per heavy atom. The Balaban J connectivity index is 1.95. The van der Waals surface area contributed by atoms with E-state index in [-0.39, 0.29) is 0 Å². The maximum absolute atomic E-state index is 5.87. The van der Waals surface area contributed by atoms with Gasteiger partial charge in [-0.15, -0.1) is 0 Å². The fourth-order valence-corrected chi connectivity index (χ4v) is 2.11. The van der Waals surface area contributed by atoms with Gasteiger partial charge in [-0.3, -0.25) is 0 Å². The smallest absolute Gasteiger partial charge is 0.145 e. The molecule has 21 heavy (non-hydrogen) atoms. The number of benzene rings is 1. The average molecular weight is 306 g/mol. The summed E-state index contributed by atoms with van der Waals surface area (Å²) in [5.74, 6) is 7.65. The van der Waals surface area contributed by atoms with E-state index in [1.807, 2.05) is 24.3 Å². The summed E-state index contributed by atoms with van der Waals surface area (Å²) in [6.07, 6.45) is 2.73. The van der Waals surface area contributed by atoms with E-state index in [4.69, 9.17) is 17.4 Å². The number of nitrogen functional groups attached to an aromatic ring is 1. The lowest BCUT2D eigenvalue weighted by atomic mass is 10.1. The maximum Gasteiger partial charge on any atom is 0.145 e. The fourth-order valence-electron chi connectivity index (χ4n) is 1.98. The van der Waals surface area contributed by atoms with Crippen LogP contribution in [0, 0.1) is 0 Å². The highest BCUT2D eigenvalue weighted by atomic mass is 35.5. The molecule has 4 N–H and O–H groups in total. The van der Waals surface area contributed by atoms with Crippen molar-refractivity contribution in [2.24, 2.45) is 5.84 Å². The van der Waals surface area contributed by atoms with E-state index in [1.165, 1.54) is 5.56 Å². The van der Waals surface area contributed by atoms with Gasteiger partial charge in [0, 0.05) is 24.1 Å². The monoisotopic (exact) mass is 305 g/mol. The molecule has 0 aliphatic carbocycles. The number of aromatic nitrogens is 2. The predicted molar refractivity (Wildman–Crippen MR) is 87.5 cm³/mol. The van der Waals surface area contributed by atoms with Crippen LogP contribution in [0.15, 0.2) is 30.3 Å². The van der Waals surface area contributed by atoms with Crippen molar-refractivity contribution in [1.82, 2.24) is 9.97 Å². The Bertz CT molecular complexity index is 571. The molecular weight excluding hydrogens is 286 g/mol. The van der Waals surface area contributed by atoms with Gasteiger partial charge in [0.2, 0.25) is 0 Å². The number of nitrogens with zero attached hydrogens (tertiary/aromatic N) is 2. The van der Waals surface area contributed by atoms with Crippen LogP contribution in [0.1, 0.15) is 24.7 Å². The zero-order valence-corrected chi connectivity index (χ0v) is 12.8. The van der Waals surface area contributed by atoms with Gasteiger partial charge in [0.15, 0.2) is 0 Å². The van der Waals surface area contributed by atoms with E-state index in [0.717, 1.165) is 42.5 Å². The Morgan fingerprint density at radius 3 is 2.48 bits per heavy atom.